The predicted octanol–water partition coefficient (Wildman–Crippen LogP) is -0.00850. The highest BCUT2D eigenvalue weighted by atomic mass is 16.1. The normalized spacial score (nSPS) is 21.8. The zero-order chi connectivity index (χ0) is 8.55. The van der Waals surface area contributed by atoms with Gasteiger partial charge in [-0.05, 0) is 13.0 Å². The summed E-state index contributed by atoms with van der Waals surface area (Å²) in [6.45, 7) is 0.985. The van der Waals surface area contributed by atoms with E-state index < -0.39 is 0 Å². The molecule has 64 valence electrons. The lowest BCUT2D eigenvalue weighted by Gasteiger charge is -2.27. The summed E-state index contributed by atoms with van der Waals surface area (Å²) in [6, 6.07) is 0.206. The van der Waals surface area contributed by atoms with Crippen molar-refractivity contribution in [1.29, 1.82) is 0 Å². The fraction of sp³-hybridized carbons (Fsp3) is 0.375. The summed E-state index contributed by atoms with van der Waals surface area (Å²) in [5.41, 5.74) is 6.46. The Labute approximate surface area is 69.8 Å². The lowest BCUT2D eigenvalue weighted by molar-refractivity contribution is 0.381. The molecule has 0 unspecified atom stereocenters. The minimum atomic E-state index is -0.0500. The molecule has 2 heterocycles. The number of nitrogen functional groups attached to an aromatic ring is 1. The Hall–Kier alpha value is -1.29. The van der Waals surface area contributed by atoms with Crippen LogP contribution in [0, 0.1) is 0 Å². The highest BCUT2D eigenvalue weighted by Crippen LogP contribution is 2.19. The maximum absolute atomic E-state index is 11.4. The van der Waals surface area contributed by atoms with Crippen molar-refractivity contribution in [3.05, 3.63) is 28.2 Å². The Balaban J connectivity index is 2.43. The van der Waals surface area contributed by atoms with Gasteiger partial charge in [-0.3, -0.25) is 4.79 Å². The number of nitrogens with one attached hydrogen (secondary N) is 2. The maximum Gasteiger partial charge on any atom is 0.209 e. The molecule has 0 amide bonds. The Morgan fingerprint density at radius 3 is 2.83 bits per heavy atom. The van der Waals surface area contributed by atoms with Crippen molar-refractivity contribution in [3.8, 4) is 0 Å². The fourth-order valence-electron chi connectivity index (χ4n) is 1.33. The molecule has 1 saturated heterocycles. The first kappa shape index (κ1) is 7.36. The number of anilines is 1. The van der Waals surface area contributed by atoms with Gasteiger partial charge in [-0.2, -0.15) is 0 Å². The molecule has 1 aliphatic heterocycles. The van der Waals surface area contributed by atoms with Crippen molar-refractivity contribution in [2.24, 2.45) is 0 Å². The van der Waals surface area contributed by atoms with Crippen molar-refractivity contribution >= 4 is 5.69 Å². The minimum Gasteiger partial charge on any atom is -0.394 e. The van der Waals surface area contributed by atoms with Crippen LogP contribution in [0.2, 0.25) is 0 Å². The largest absolute Gasteiger partial charge is 0.394 e. The number of aromatic amines is 1. The molecule has 12 heavy (non-hydrogen) atoms. The van der Waals surface area contributed by atoms with Gasteiger partial charge in [0.05, 0.1) is 5.69 Å². The standard InChI is InChI=1S/C8H11N3O/c9-6-4-10-3-5(8(6)12)7-1-2-11-7/h3-4,7,11H,1-2,9H2,(H,10,12)/t7-/m0/s1. The summed E-state index contributed by atoms with van der Waals surface area (Å²) in [5, 5.41) is 3.15. The van der Waals surface area contributed by atoms with Gasteiger partial charge in [-0.25, -0.2) is 0 Å². The molecule has 4 nitrogen and oxygen atoms in total. The molecule has 0 saturated carbocycles. The molecule has 1 aliphatic rings. The van der Waals surface area contributed by atoms with Crippen LogP contribution in [0.25, 0.3) is 0 Å². The first-order chi connectivity index (χ1) is 5.79. The highest BCUT2D eigenvalue weighted by molar-refractivity contribution is 5.38. The zero-order valence-corrected chi connectivity index (χ0v) is 6.63. The first-order valence-corrected chi connectivity index (χ1v) is 3.99. The molecule has 0 aliphatic carbocycles. The Morgan fingerprint density at radius 2 is 2.25 bits per heavy atom. The van der Waals surface area contributed by atoms with Gasteiger partial charge in [0.2, 0.25) is 5.43 Å². The van der Waals surface area contributed by atoms with Crippen LogP contribution in [0.1, 0.15) is 18.0 Å². The molecule has 1 atom stereocenters. The number of rotatable bonds is 1. The van der Waals surface area contributed by atoms with E-state index in [0.29, 0.717) is 5.69 Å². The molecule has 0 bridgehead atoms. The van der Waals surface area contributed by atoms with E-state index in [1.165, 1.54) is 6.20 Å². The molecule has 1 fully saturated rings. The second-order valence-corrected chi connectivity index (χ2v) is 2.99. The van der Waals surface area contributed by atoms with E-state index in [0.717, 1.165) is 18.5 Å². The van der Waals surface area contributed by atoms with Gasteiger partial charge in [0, 0.05) is 24.0 Å². The summed E-state index contributed by atoms with van der Waals surface area (Å²) < 4.78 is 0. The van der Waals surface area contributed by atoms with E-state index >= 15 is 0 Å². The molecule has 1 aromatic heterocycles. The number of hydrogen-bond acceptors (Lipinski definition) is 3. The molecule has 1 aromatic rings. The summed E-state index contributed by atoms with van der Waals surface area (Å²) >= 11 is 0. The van der Waals surface area contributed by atoms with E-state index in [1.807, 2.05) is 0 Å². The number of hydrogen-bond donors (Lipinski definition) is 3. The molecule has 0 aromatic carbocycles. The fourth-order valence-corrected chi connectivity index (χ4v) is 1.33. The van der Waals surface area contributed by atoms with Crippen LogP contribution in [0.4, 0.5) is 5.69 Å². The van der Waals surface area contributed by atoms with Gasteiger partial charge in [0.1, 0.15) is 0 Å². The Bertz CT molecular complexity index is 340. The highest BCUT2D eigenvalue weighted by Gasteiger charge is 2.21. The van der Waals surface area contributed by atoms with Crippen molar-refractivity contribution < 1.29 is 0 Å². The second kappa shape index (κ2) is 2.64. The van der Waals surface area contributed by atoms with Crippen LogP contribution in [0.3, 0.4) is 0 Å². The van der Waals surface area contributed by atoms with E-state index in [-0.39, 0.29) is 11.5 Å². The van der Waals surface area contributed by atoms with Gasteiger partial charge in [0.25, 0.3) is 0 Å². The smallest absolute Gasteiger partial charge is 0.209 e. The van der Waals surface area contributed by atoms with E-state index in [9.17, 15) is 4.79 Å². The van der Waals surface area contributed by atoms with Crippen LogP contribution in [0.5, 0.6) is 0 Å². The SMILES string of the molecule is Nc1c[nH]cc([C@@H]2CCN2)c1=O. The lowest BCUT2D eigenvalue weighted by Crippen LogP contribution is -2.38. The predicted molar refractivity (Wildman–Crippen MR) is 46.8 cm³/mol. The molecular formula is C8H11N3O. The van der Waals surface area contributed by atoms with Crippen LogP contribution in [-0.4, -0.2) is 11.5 Å². The maximum atomic E-state index is 11.4. The first-order valence-electron chi connectivity index (χ1n) is 3.99. The summed E-state index contributed by atoms with van der Waals surface area (Å²) in [6.07, 6.45) is 4.26. The van der Waals surface area contributed by atoms with Crippen LogP contribution >= 0.6 is 0 Å². The third-order valence-corrected chi connectivity index (χ3v) is 2.20. The lowest BCUT2D eigenvalue weighted by atomic mass is 9.99. The zero-order valence-electron chi connectivity index (χ0n) is 6.63. The average Bonchev–Trinajstić information content (AvgIpc) is 1.95. The van der Waals surface area contributed by atoms with E-state index in [1.54, 1.807) is 6.20 Å². The molecule has 4 N–H and O–H groups in total. The van der Waals surface area contributed by atoms with Crippen molar-refractivity contribution in [2.45, 2.75) is 12.5 Å². The molecule has 0 spiro atoms. The van der Waals surface area contributed by atoms with E-state index in [4.69, 9.17) is 5.73 Å². The topological polar surface area (TPSA) is 70.9 Å². The number of aromatic nitrogens is 1. The van der Waals surface area contributed by atoms with Crippen LogP contribution < -0.4 is 16.5 Å². The molecule has 2 rings (SSSR count). The second-order valence-electron chi connectivity index (χ2n) is 2.99. The van der Waals surface area contributed by atoms with Gasteiger partial charge in [0.15, 0.2) is 0 Å². The summed E-state index contributed by atoms with van der Waals surface area (Å²) in [4.78, 5) is 14.3. The van der Waals surface area contributed by atoms with Gasteiger partial charge >= 0.3 is 0 Å². The Morgan fingerprint density at radius 1 is 1.50 bits per heavy atom. The Kier molecular flexibility index (Phi) is 1.62. The van der Waals surface area contributed by atoms with Crippen LogP contribution in [-0.2, 0) is 0 Å². The van der Waals surface area contributed by atoms with Gasteiger partial charge < -0.3 is 16.0 Å². The minimum absolute atomic E-state index is 0.0500. The number of pyridine rings is 1. The van der Waals surface area contributed by atoms with Crippen molar-refractivity contribution in [1.82, 2.24) is 10.3 Å². The third kappa shape index (κ3) is 1.00. The quantitative estimate of drug-likeness (QED) is 0.548. The summed E-state index contributed by atoms with van der Waals surface area (Å²) in [7, 11) is 0. The van der Waals surface area contributed by atoms with Crippen molar-refractivity contribution in [3.63, 3.8) is 0 Å². The van der Waals surface area contributed by atoms with Crippen LogP contribution in [0.15, 0.2) is 17.2 Å². The van der Waals surface area contributed by atoms with Crippen molar-refractivity contribution in [2.75, 3.05) is 12.3 Å². The molecule has 0 radical (unpaired) electrons. The average molecular weight is 165 g/mol. The van der Waals surface area contributed by atoms with Gasteiger partial charge in [-0.15, -0.1) is 0 Å². The number of nitrogens with two attached hydrogens (primary N) is 1. The molecular weight excluding hydrogens is 154 g/mol. The molecule has 4 heteroatoms. The van der Waals surface area contributed by atoms with Gasteiger partial charge in [-0.1, -0.05) is 0 Å². The summed E-state index contributed by atoms with van der Waals surface area (Å²) in [5.74, 6) is 0. The number of H-pyrrole nitrogens is 1. The third-order valence-electron chi connectivity index (χ3n) is 2.20. The monoisotopic (exact) mass is 165 g/mol. The van der Waals surface area contributed by atoms with E-state index in [2.05, 4.69) is 10.3 Å².